The highest BCUT2D eigenvalue weighted by Crippen LogP contribution is 2.40. The lowest BCUT2D eigenvalue weighted by atomic mass is 9.99. The Hall–Kier alpha value is -5.09. The number of hydrogen-bond acceptors (Lipinski definition) is 7. The first-order valence-electron chi connectivity index (χ1n) is 14.7. The first-order chi connectivity index (χ1) is 21.7. The number of amides is 3. The van der Waals surface area contributed by atoms with Gasteiger partial charge in [0.05, 0.1) is 51.8 Å². The predicted octanol–water partition coefficient (Wildman–Crippen LogP) is 4.46. The summed E-state index contributed by atoms with van der Waals surface area (Å²) >= 11 is 0. The van der Waals surface area contributed by atoms with Gasteiger partial charge in [0.2, 0.25) is 11.7 Å². The van der Waals surface area contributed by atoms with E-state index in [1.807, 2.05) is 61.5 Å². The Balaban J connectivity index is 1.66. The van der Waals surface area contributed by atoms with Crippen LogP contribution in [0, 0.1) is 6.92 Å². The van der Waals surface area contributed by atoms with Gasteiger partial charge < -0.3 is 34.6 Å². The van der Waals surface area contributed by atoms with Gasteiger partial charge in [-0.25, -0.2) is 0 Å². The lowest BCUT2D eigenvalue weighted by Crippen LogP contribution is -2.55. The number of nitrogens with zero attached hydrogens (tertiary/aromatic N) is 2. The number of ether oxygens (including phenoxy) is 3. The molecule has 0 aromatic heterocycles. The van der Waals surface area contributed by atoms with E-state index in [0.717, 1.165) is 21.9 Å². The lowest BCUT2D eigenvalue weighted by Gasteiger charge is -2.27. The van der Waals surface area contributed by atoms with E-state index in [1.165, 1.54) is 26.2 Å². The van der Waals surface area contributed by atoms with Crippen LogP contribution >= 0.6 is 0 Å². The maximum absolute atomic E-state index is 14.5. The monoisotopic (exact) mass is 610 g/mol. The Bertz CT molecular complexity index is 1730. The molecule has 0 spiro atoms. The summed E-state index contributed by atoms with van der Waals surface area (Å²) in [5.74, 6) is -0.0976. The van der Waals surface area contributed by atoms with Gasteiger partial charge in [-0.05, 0) is 67.1 Å². The summed E-state index contributed by atoms with van der Waals surface area (Å²) in [5, 5.41) is 7.91. The summed E-state index contributed by atoms with van der Waals surface area (Å²) in [6.07, 6.45) is 0. The van der Waals surface area contributed by atoms with E-state index < -0.39 is 18.0 Å². The summed E-state index contributed by atoms with van der Waals surface area (Å²) in [6.45, 7) is 3.87. The van der Waals surface area contributed by atoms with E-state index in [4.69, 9.17) is 14.2 Å². The van der Waals surface area contributed by atoms with E-state index in [0.29, 0.717) is 28.6 Å². The van der Waals surface area contributed by atoms with Gasteiger partial charge in [0, 0.05) is 5.56 Å². The minimum Gasteiger partial charge on any atom is -0.493 e. The highest BCUT2D eigenvalue weighted by atomic mass is 16.5. The largest absolute Gasteiger partial charge is 0.493 e. The molecule has 1 aliphatic rings. The molecule has 4 aromatic rings. The maximum atomic E-state index is 14.5. The quantitative estimate of drug-likeness (QED) is 0.288. The smallest absolute Gasteiger partial charge is 0.258 e. The van der Waals surface area contributed by atoms with Gasteiger partial charge in [-0.1, -0.05) is 48.5 Å². The zero-order valence-corrected chi connectivity index (χ0v) is 26.3. The molecule has 234 valence electrons. The molecule has 0 fully saturated rings. The zero-order valence-electron chi connectivity index (χ0n) is 26.3. The van der Waals surface area contributed by atoms with Crippen LogP contribution in [0.3, 0.4) is 0 Å². The van der Waals surface area contributed by atoms with Crippen molar-refractivity contribution in [1.82, 2.24) is 10.6 Å². The van der Waals surface area contributed by atoms with Gasteiger partial charge in [0.25, 0.3) is 11.8 Å². The van der Waals surface area contributed by atoms with Gasteiger partial charge >= 0.3 is 0 Å². The maximum Gasteiger partial charge on any atom is 0.258 e. The molecule has 10 heteroatoms. The summed E-state index contributed by atoms with van der Waals surface area (Å²) in [5.41, 5.74) is 3.35. The molecule has 4 aromatic carbocycles. The van der Waals surface area contributed by atoms with Crippen molar-refractivity contribution >= 4 is 39.9 Å². The highest BCUT2D eigenvalue weighted by molar-refractivity contribution is 6.13. The number of aryl methyl sites for hydroxylation is 1. The summed E-state index contributed by atoms with van der Waals surface area (Å²) in [6, 6.07) is 21.0. The van der Waals surface area contributed by atoms with Gasteiger partial charge in [-0.3, -0.25) is 14.4 Å². The number of benzene rings is 4. The van der Waals surface area contributed by atoms with Gasteiger partial charge in [-0.2, -0.15) is 0 Å². The molecule has 1 aliphatic heterocycles. The molecule has 0 bridgehead atoms. The van der Waals surface area contributed by atoms with Crippen LogP contribution in [-0.4, -0.2) is 64.7 Å². The third kappa shape index (κ3) is 6.01. The minimum absolute atomic E-state index is 0.0987. The van der Waals surface area contributed by atoms with Crippen molar-refractivity contribution in [2.75, 3.05) is 44.7 Å². The Labute approximate surface area is 262 Å². The number of para-hydroxylation sites is 2. The van der Waals surface area contributed by atoms with Crippen molar-refractivity contribution in [3.8, 4) is 17.2 Å². The molecule has 3 amide bonds. The van der Waals surface area contributed by atoms with Crippen LogP contribution in [0.4, 0.5) is 11.4 Å². The Morgan fingerprint density at radius 2 is 1.56 bits per heavy atom. The van der Waals surface area contributed by atoms with Crippen LogP contribution in [0.2, 0.25) is 0 Å². The molecular weight excluding hydrogens is 572 g/mol. The number of methoxy groups -OCH3 is 3. The highest BCUT2D eigenvalue weighted by Gasteiger charge is 2.38. The van der Waals surface area contributed by atoms with Crippen LogP contribution < -0.4 is 34.6 Å². The van der Waals surface area contributed by atoms with Crippen molar-refractivity contribution in [2.45, 2.75) is 32.5 Å². The van der Waals surface area contributed by atoms with E-state index >= 15 is 0 Å². The fraction of sp³-hybridized carbons (Fsp3) is 0.286. The molecular formula is C35H38N4O6. The molecule has 0 saturated carbocycles. The number of nitrogens with one attached hydrogen (secondary N) is 2. The number of rotatable bonds is 9. The van der Waals surface area contributed by atoms with Crippen molar-refractivity contribution in [3.63, 3.8) is 0 Å². The average Bonchev–Trinajstić information content (AvgIpc) is 3.18. The van der Waals surface area contributed by atoms with Gasteiger partial charge in [-0.15, -0.1) is 0 Å². The van der Waals surface area contributed by atoms with Gasteiger partial charge in [0.15, 0.2) is 11.5 Å². The number of likely N-dealkylation sites (N-methyl/N-ethyl adjacent to an activating group) is 1. The van der Waals surface area contributed by atoms with E-state index in [9.17, 15) is 14.4 Å². The number of carbonyl (C=O) groups is 3. The first-order valence-corrected chi connectivity index (χ1v) is 14.7. The van der Waals surface area contributed by atoms with Crippen LogP contribution in [0.25, 0.3) is 10.8 Å². The molecule has 2 atom stereocenters. The van der Waals surface area contributed by atoms with Crippen LogP contribution in [0.5, 0.6) is 17.2 Å². The van der Waals surface area contributed by atoms with Gasteiger partial charge in [0.1, 0.15) is 6.04 Å². The standard InChI is InChI=1S/C35H38N4O6/c1-21-15-16-23-11-7-8-12-25(23)26(21)19-38-28-13-9-10-14-29(28)39(20-27(35(38)42)37-33(40)22(2)36-3)34(41)24-17-30(43-4)32(45-6)31(18-24)44-5/h7-18,22,27,36H,19-20H2,1-6H3,(H,37,40). The predicted molar refractivity (Wildman–Crippen MR) is 175 cm³/mol. The summed E-state index contributed by atoms with van der Waals surface area (Å²) in [4.78, 5) is 45.2. The minimum atomic E-state index is -1.04. The molecule has 10 nitrogen and oxygen atoms in total. The number of anilines is 2. The molecule has 45 heavy (non-hydrogen) atoms. The topological polar surface area (TPSA) is 109 Å². The SMILES string of the molecule is CNC(C)C(=O)NC1CN(C(=O)c2cc(OC)c(OC)c(OC)c2)c2ccccc2N(Cc2c(C)ccc3ccccc23)C1=O. The lowest BCUT2D eigenvalue weighted by molar-refractivity contribution is -0.128. The number of fused-ring (bicyclic) bond motifs is 2. The van der Waals surface area contributed by atoms with E-state index in [2.05, 4.69) is 16.7 Å². The van der Waals surface area contributed by atoms with Crippen LogP contribution in [-0.2, 0) is 16.1 Å². The Morgan fingerprint density at radius 1 is 0.911 bits per heavy atom. The second kappa shape index (κ2) is 13.3. The molecule has 2 N–H and O–H groups in total. The van der Waals surface area contributed by atoms with Crippen molar-refractivity contribution in [3.05, 3.63) is 89.5 Å². The van der Waals surface area contributed by atoms with Crippen LogP contribution in [0.15, 0.2) is 72.8 Å². The second-order valence-electron chi connectivity index (χ2n) is 10.9. The second-order valence-corrected chi connectivity index (χ2v) is 10.9. The van der Waals surface area contributed by atoms with Crippen molar-refractivity contribution in [1.29, 1.82) is 0 Å². The third-order valence-corrected chi connectivity index (χ3v) is 8.28. The van der Waals surface area contributed by atoms with Crippen LogP contribution in [0.1, 0.15) is 28.4 Å². The van der Waals surface area contributed by atoms with E-state index in [1.54, 1.807) is 31.0 Å². The number of hydrogen-bond donors (Lipinski definition) is 2. The Morgan fingerprint density at radius 3 is 2.20 bits per heavy atom. The number of carbonyl (C=O) groups excluding carboxylic acids is 3. The first kappa shape index (κ1) is 31.3. The molecule has 2 unspecified atom stereocenters. The fourth-order valence-electron chi connectivity index (χ4n) is 5.65. The summed E-state index contributed by atoms with van der Waals surface area (Å²) < 4.78 is 16.5. The third-order valence-electron chi connectivity index (χ3n) is 8.28. The zero-order chi connectivity index (χ0) is 32.2. The molecule has 5 rings (SSSR count). The molecule has 1 heterocycles. The molecule has 0 saturated heterocycles. The fourth-order valence-corrected chi connectivity index (χ4v) is 5.65. The normalized spacial score (nSPS) is 15.2. The Kier molecular flexibility index (Phi) is 9.24. The van der Waals surface area contributed by atoms with Crippen molar-refractivity contribution in [2.24, 2.45) is 0 Å². The molecule has 0 aliphatic carbocycles. The van der Waals surface area contributed by atoms with Crippen molar-refractivity contribution < 1.29 is 28.6 Å². The summed E-state index contributed by atoms with van der Waals surface area (Å²) in [7, 11) is 6.12. The molecule has 0 radical (unpaired) electrons. The average molecular weight is 611 g/mol. The van der Waals surface area contributed by atoms with E-state index in [-0.39, 0.29) is 30.5 Å².